The quantitative estimate of drug-likeness (QED) is 0.517. The van der Waals surface area contributed by atoms with E-state index in [1.807, 2.05) is 0 Å². The molecule has 1 aromatic rings. The van der Waals surface area contributed by atoms with E-state index in [0.717, 1.165) is 6.07 Å². The molecule has 1 rings (SSSR count). The number of nitrogens with zero attached hydrogens (tertiary/aromatic N) is 1. The van der Waals surface area contributed by atoms with Gasteiger partial charge in [0, 0.05) is 11.7 Å². The lowest BCUT2D eigenvalue weighted by molar-refractivity contribution is -0.909. The molecule has 13 heavy (non-hydrogen) atoms. The number of rotatable bonds is 0. The largest absolute Gasteiger partial charge is 0.422 e. The fraction of sp³-hybridized carbons (Fsp3) is 0.286. The molecule has 0 fully saturated rings. The van der Waals surface area contributed by atoms with Gasteiger partial charge in [0.15, 0.2) is 0 Å². The van der Waals surface area contributed by atoms with Crippen LogP contribution in [0, 0.1) is 6.92 Å². The minimum atomic E-state index is -4.50. The molecule has 2 nitrogen and oxygen atoms in total. The fourth-order valence-electron chi connectivity index (χ4n) is 0.771. The summed E-state index contributed by atoms with van der Waals surface area (Å²) in [6, 6.07) is 0.767. The molecule has 0 aliphatic rings. The van der Waals surface area contributed by atoms with Crippen molar-refractivity contribution in [2.24, 2.45) is 0 Å². The molecule has 72 valence electrons. The third kappa shape index (κ3) is 2.03. The van der Waals surface area contributed by atoms with Gasteiger partial charge >= 0.3 is 6.18 Å². The van der Waals surface area contributed by atoms with E-state index in [4.69, 9.17) is 16.8 Å². The van der Waals surface area contributed by atoms with Gasteiger partial charge in [-0.3, -0.25) is 5.21 Å². The van der Waals surface area contributed by atoms with Crippen LogP contribution in [0.4, 0.5) is 13.2 Å². The summed E-state index contributed by atoms with van der Waals surface area (Å²) in [4.78, 5) is 0. The summed E-state index contributed by atoms with van der Waals surface area (Å²) in [5.41, 5.74) is -0.819. The zero-order valence-corrected chi connectivity index (χ0v) is 7.32. The summed E-state index contributed by atoms with van der Waals surface area (Å²) < 4.78 is 36.6. The van der Waals surface area contributed by atoms with Crippen LogP contribution in [0.15, 0.2) is 12.3 Å². The van der Waals surface area contributed by atoms with E-state index in [2.05, 4.69) is 0 Å². The molecule has 0 bridgehead atoms. The average Bonchev–Trinajstić information content (AvgIpc) is 1.97. The van der Waals surface area contributed by atoms with E-state index in [9.17, 15) is 13.2 Å². The SMILES string of the molecule is Cc1c(Cl)cc(C(F)(F)F)c[n+]1O. The van der Waals surface area contributed by atoms with Gasteiger partial charge in [-0.2, -0.15) is 13.2 Å². The molecule has 0 spiro atoms. The van der Waals surface area contributed by atoms with Gasteiger partial charge in [0.1, 0.15) is 10.6 Å². The smallest absolute Gasteiger partial charge is 0.285 e. The van der Waals surface area contributed by atoms with Crippen LogP contribution in [-0.2, 0) is 6.18 Å². The van der Waals surface area contributed by atoms with Crippen molar-refractivity contribution in [2.75, 3.05) is 0 Å². The van der Waals surface area contributed by atoms with Gasteiger partial charge in [-0.15, -0.1) is 0 Å². The van der Waals surface area contributed by atoms with Gasteiger partial charge in [-0.05, 0) is 6.07 Å². The maximum absolute atomic E-state index is 12.1. The van der Waals surface area contributed by atoms with E-state index in [-0.39, 0.29) is 10.7 Å². The van der Waals surface area contributed by atoms with Crippen molar-refractivity contribution in [2.45, 2.75) is 13.1 Å². The van der Waals surface area contributed by atoms with Crippen molar-refractivity contribution in [1.29, 1.82) is 0 Å². The highest BCUT2D eigenvalue weighted by molar-refractivity contribution is 6.31. The molecule has 1 heterocycles. The molecule has 0 saturated heterocycles. The monoisotopic (exact) mass is 212 g/mol. The predicted molar refractivity (Wildman–Crippen MR) is 38.6 cm³/mol. The molecule has 0 aliphatic heterocycles. The lowest BCUT2D eigenvalue weighted by Crippen LogP contribution is -2.35. The minimum Gasteiger partial charge on any atom is -0.285 e. The first-order chi connectivity index (χ1) is 5.82. The Morgan fingerprint density at radius 1 is 1.46 bits per heavy atom. The lowest BCUT2D eigenvalue weighted by atomic mass is 10.2. The van der Waals surface area contributed by atoms with E-state index in [0.29, 0.717) is 10.9 Å². The first-order valence-electron chi connectivity index (χ1n) is 3.30. The predicted octanol–water partition coefficient (Wildman–Crippen LogP) is 2.19. The lowest BCUT2D eigenvalue weighted by Gasteiger charge is -2.04. The topological polar surface area (TPSA) is 24.1 Å². The average molecular weight is 213 g/mol. The summed E-state index contributed by atoms with van der Waals surface area (Å²) >= 11 is 5.44. The summed E-state index contributed by atoms with van der Waals surface area (Å²) in [6.45, 7) is 1.41. The van der Waals surface area contributed by atoms with Crippen LogP contribution in [0.2, 0.25) is 5.02 Å². The maximum atomic E-state index is 12.1. The van der Waals surface area contributed by atoms with Crippen molar-refractivity contribution in [3.63, 3.8) is 0 Å². The Kier molecular flexibility index (Phi) is 2.38. The first-order valence-corrected chi connectivity index (χ1v) is 3.68. The maximum Gasteiger partial charge on any atom is 0.422 e. The van der Waals surface area contributed by atoms with Crippen LogP contribution < -0.4 is 4.73 Å². The molecule has 6 heteroatoms. The van der Waals surface area contributed by atoms with Gasteiger partial charge in [0.2, 0.25) is 11.9 Å². The number of hydrogen-bond acceptors (Lipinski definition) is 1. The van der Waals surface area contributed by atoms with Crippen LogP contribution in [0.5, 0.6) is 0 Å². The van der Waals surface area contributed by atoms with E-state index in [1.54, 1.807) is 0 Å². The Labute approximate surface area is 77.1 Å². The Balaban J connectivity index is 3.29. The fourth-order valence-corrected chi connectivity index (χ4v) is 0.975. The molecular weight excluding hydrogens is 207 g/mol. The molecule has 0 aromatic carbocycles. The van der Waals surface area contributed by atoms with Crippen molar-refractivity contribution < 1.29 is 23.1 Å². The third-order valence-corrected chi connectivity index (χ3v) is 1.94. The van der Waals surface area contributed by atoms with Crippen molar-refractivity contribution in [3.8, 4) is 0 Å². The van der Waals surface area contributed by atoms with Crippen LogP contribution in [-0.4, -0.2) is 5.21 Å². The van der Waals surface area contributed by atoms with E-state index in [1.165, 1.54) is 6.92 Å². The van der Waals surface area contributed by atoms with E-state index >= 15 is 0 Å². The zero-order valence-electron chi connectivity index (χ0n) is 6.56. The van der Waals surface area contributed by atoms with Gasteiger partial charge in [-0.1, -0.05) is 11.6 Å². The van der Waals surface area contributed by atoms with Crippen molar-refractivity contribution in [1.82, 2.24) is 0 Å². The molecule has 0 radical (unpaired) electrons. The van der Waals surface area contributed by atoms with Crippen LogP contribution in [0.3, 0.4) is 0 Å². The molecular formula is C7H6ClF3NO+. The first kappa shape index (κ1) is 10.1. The van der Waals surface area contributed by atoms with Gasteiger partial charge in [-0.25, -0.2) is 0 Å². The van der Waals surface area contributed by atoms with Gasteiger partial charge in [0.05, 0.1) is 0 Å². The number of hydrogen-bond donors (Lipinski definition) is 1. The molecule has 0 saturated carbocycles. The summed E-state index contributed by atoms with van der Waals surface area (Å²) in [5.74, 6) is 0. The molecule has 0 amide bonds. The summed E-state index contributed by atoms with van der Waals surface area (Å²) in [6.07, 6.45) is -3.93. The summed E-state index contributed by atoms with van der Waals surface area (Å²) in [5, 5.41) is 8.85. The van der Waals surface area contributed by atoms with Crippen LogP contribution in [0.1, 0.15) is 11.3 Å². The molecule has 1 N–H and O–H groups in total. The van der Waals surface area contributed by atoms with Crippen molar-refractivity contribution >= 4 is 11.6 Å². The van der Waals surface area contributed by atoms with Gasteiger partial charge in [0.25, 0.3) is 0 Å². The minimum absolute atomic E-state index is 0.127. The second-order valence-electron chi connectivity index (χ2n) is 2.50. The summed E-state index contributed by atoms with van der Waals surface area (Å²) in [7, 11) is 0. The van der Waals surface area contributed by atoms with Crippen LogP contribution in [0.25, 0.3) is 0 Å². The number of aromatic nitrogens is 1. The highest BCUT2D eigenvalue weighted by Crippen LogP contribution is 2.30. The normalized spacial score (nSPS) is 11.8. The number of alkyl halides is 3. The Morgan fingerprint density at radius 2 is 2.00 bits per heavy atom. The highest BCUT2D eigenvalue weighted by Gasteiger charge is 2.35. The standard InChI is InChI=1S/C7H6ClF3NO/c1-4-6(8)2-5(3-12(4)13)7(9,10)11/h2-3,13H,1H3/q+1. The number of halogens is 4. The second-order valence-corrected chi connectivity index (χ2v) is 2.91. The zero-order chi connectivity index (χ0) is 10.2. The second kappa shape index (κ2) is 3.06. The number of pyridine rings is 1. The highest BCUT2D eigenvalue weighted by atomic mass is 35.5. The molecule has 0 unspecified atom stereocenters. The molecule has 0 atom stereocenters. The molecule has 0 aliphatic carbocycles. The molecule has 1 aromatic heterocycles. The third-order valence-electron chi connectivity index (χ3n) is 1.56. The Morgan fingerprint density at radius 3 is 2.38 bits per heavy atom. The van der Waals surface area contributed by atoms with E-state index < -0.39 is 11.7 Å². The van der Waals surface area contributed by atoms with Crippen molar-refractivity contribution in [3.05, 3.63) is 28.5 Å². The Bertz CT molecular complexity index is 314. The van der Waals surface area contributed by atoms with Crippen LogP contribution >= 0.6 is 11.6 Å². The van der Waals surface area contributed by atoms with Gasteiger partial charge < -0.3 is 0 Å². The Hall–Kier alpha value is -0.970.